The first-order valence-electron chi connectivity index (χ1n) is 8.00. The molecule has 0 amide bonds. The number of phenolic OH excluding ortho intramolecular Hbond substituents is 2. The smallest absolute Gasteiger partial charge is 0.342 e. The summed E-state index contributed by atoms with van der Waals surface area (Å²) >= 11 is 0. The van der Waals surface area contributed by atoms with Crippen molar-refractivity contribution >= 4 is 17.8 Å². The van der Waals surface area contributed by atoms with Crippen molar-refractivity contribution < 1.29 is 29.6 Å². The normalized spacial score (nSPS) is 24.6. The number of rotatable bonds is 0. The Bertz CT molecular complexity index is 649. The Morgan fingerprint density at radius 2 is 1.96 bits per heavy atom. The number of cyclic esters (lactones) is 1. The Morgan fingerprint density at radius 1 is 1.21 bits per heavy atom. The van der Waals surface area contributed by atoms with Crippen LogP contribution < -0.4 is 0 Å². The number of ether oxygens (including phenoxy) is 1. The third-order valence-corrected chi connectivity index (χ3v) is 3.84. The quantitative estimate of drug-likeness (QED) is 0.630. The molecule has 0 radical (unpaired) electrons. The molecule has 0 saturated heterocycles. The lowest BCUT2D eigenvalue weighted by molar-refractivity contribution is -0.121. The number of Topliss-reactive ketones (excluding diaryl/α,β-unsaturated/α-hetero) is 1. The Morgan fingerprint density at radius 3 is 2.71 bits per heavy atom. The van der Waals surface area contributed by atoms with Crippen LogP contribution in [0.2, 0.25) is 0 Å². The van der Waals surface area contributed by atoms with Gasteiger partial charge in [-0.15, -0.1) is 0 Å². The summed E-state index contributed by atoms with van der Waals surface area (Å²) in [5, 5.41) is 29.5. The monoisotopic (exact) mass is 334 g/mol. The van der Waals surface area contributed by atoms with E-state index in [0.717, 1.165) is 6.07 Å². The molecule has 0 bridgehead atoms. The van der Waals surface area contributed by atoms with Crippen molar-refractivity contribution in [3.05, 3.63) is 29.3 Å². The van der Waals surface area contributed by atoms with E-state index in [0.29, 0.717) is 24.8 Å². The van der Waals surface area contributed by atoms with Crippen molar-refractivity contribution in [2.45, 2.75) is 51.2 Å². The van der Waals surface area contributed by atoms with Gasteiger partial charge in [-0.1, -0.05) is 12.2 Å². The van der Waals surface area contributed by atoms with Crippen LogP contribution in [0.1, 0.15) is 54.9 Å². The molecule has 6 heteroatoms. The summed E-state index contributed by atoms with van der Waals surface area (Å²) in [6.07, 6.45) is 3.68. The molecule has 1 heterocycles. The van der Waals surface area contributed by atoms with Gasteiger partial charge < -0.3 is 20.1 Å². The number of fused-ring (bicyclic) bond motifs is 1. The van der Waals surface area contributed by atoms with E-state index in [9.17, 15) is 24.9 Å². The fourth-order valence-corrected chi connectivity index (χ4v) is 2.74. The van der Waals surface area contributed by atoms with Crippen LogP contribution in [0.25, 0.3) is 6.08 Å². The van der Waals surface area contributed by atoms with E-state index in [2.05, 4.69) is 0 Å². The number of esters is 1. The number of allylic oxidation sites excluding steroid dienone is 1. The highest BCUT2D eigenvalue weighted by Crippen LogP contribution is 2.30. The van der Waals surface area contributed by atoms with Crippen molar-refractivity contribution in [1.29, 1.82) is 0 Å². The SMILES string of the molecule is C[C@H]1C[C@@H](O)CC(=O)CCC/C=C\c2cc(O)cc(O)c2C(=O)O1. The number of phenols is 2. The van der Waals surface area contributed by atoms with Gasteiger partial charge in [-0.2, -0.15) is 0 Å². The lowest BCUT2D eigenvalue weighted by Crippen LogP contribution is -2.23. The molecule has 0 aliphatic carbocycles. The number of aliphatic hydroxyl groups is 1. The second kappa shape index (κ2) is 7.97. The predicted octanol–water partition coefficient (Wildman–Crippen LogP) is 2.55. The van der Waals surface area contributed by atoms with Crippen LogP contribution in [0.5, 0.6) is 11.5 Å². The highest BCUT2D eigenvalue weighted by atomic mass is 16.5. The number of carbonyl (C=O) groups is 2. The molecule has 0 saturated carbocycles. The summed E-state index contributed by atoms with van der Waals surface area (Å²) in [5.74, 6) is -1.30. The summed E-state index contributed by atoms with van der Waals surface area (Å²) in [4.78, 5) is 24.1. The van der Waals surface area contributed by atoms with E-state index in [1.807, 2.05) is 0 Å². The average Bonchev–Trinajstić information content (AvgIpc) is 2.44. The van der Waals surface area contributed by atoms with Gasteiger partial charge in [0.15, 0.2) is 0 Å². The Balaban J connectivity index is 2.34. The molecular formula is C18H22O6. The van der Waals surface area contributed by atoms with Crippen LogP contribution >= 0.6 is 0 Å². The lowest BCUT2D eigenvalue weighted by Gasteiger charge is -2.18. The summed E-state index contributed by atoms with van der Waals surface area (Å²) in [7, 11) is 0. The lowest BCUT2D eigenvalue weighted by atomic mass is 10.0. The zero-order chi connectivity index (χ0) is 17.7. The minimum atomic E-state index is -0.869. The van der Waals surface area contributed by atoms with Gasteiger partial charge >= 0.3 is 5.97 Å². The second-order valence-electron chi connectivity index (χ2n) is 6.07. The van der Waals surface area contributed by atoms with Crippen LogP contribution in [0, 0.1) is 0 Å². The van der Waals surface area contributed by atoms with Crippen LogP contribution in [-0.2, 0) is 9.53 Å². The molecule has 1 aliphatic rings. The first kappa shape index (κ1) is 18.0. The molecule has 24 heavy (non-hydrogen) atoms. The number of ketones is 1. The van der Waals surface area contributed by atoms with Gasteiger partial charge in [0.05, 0.1) is 6.10 Å². The van der Waals surface area contributed by atoms with E-state index in [-0.39, 0.29) is 35.7 Å². The fourth-order valence-electron chi connectivity index (χ4n) is 2.74. The Hall–Kier alpha value is -2.34. The van der Waals surface area contributed by atoms with Crippen LogP contribution in [0.4, 0.5) is 0 Å². The highest BCUT2D eigenvalue weighted by molar-refractivity contribution is 5.97. The molecule has 1 aromatic rings. The Labute approximate surface area is 140 Å². The first-order valence-corrected chi connectivity index (χ1v) is 8.00. The average molecular weight is 334 g/mol. The molecule has 2 rings (SSSR count). The van der Waals surface area contributed by atoms with Gasteiger partial charge in [-0.25, -0.2) is 4.79 Å². The molecule has 130 valence electrons. The molecule has 1 aromatic carbocycles. The van der Waals surface area contributed by atoms with Gasteiger partial charge in [0.1, 0.15) is 28.9 Å². The summed E-state index contributed by atoms with van der Waals surface area (Å²) in [6.45, 7) is 1.62. The summed E-state index contributed by atoms with van der Waals surface area (Å²) in [5.41, 5.74) is 0.312. The third-order valence-electron chi connectivity index (χ3n) is 3.84. The maximum absolute atomic E-state index is 12.3. The molecule has 0 spiro atoms. The number of aromatic hydroxyl groups is 2. The second-order valence-corrected chi connectivity index (χ2v) is 6.07. The molecule has 1 aliphatic heterocycles. The van der Waals surface area contributed by atoms with Crippen molar-refractivity contribution in [2.75, 3.05) is 0 Å². The zero-order valence-corrected chi connectivity index (χ0v) is 13.6. The maximum Gasteiger partial charge on any atom is 0.342 e. The Kier molecular flexibility index (Phi) is 5.98. The van der Waals surface area contributed by atoms with Crippen LogP contribution in [-0.4, -0.2) is 39.3 Å². The van der Waals surface area contributed by atoms with E-state index in [1.165, 1.54) is 6.07 Å². The van der Waals surface area contributed by atoms with Gasteiger partial charge in [0.25, 0.3) is 0 Å². The molecular weight excluding hydrogens is 312 g/mol. The minimum absolute atomic E-state index is 0.0258. The van der Waals surface area contributed by atoms with Gasteiger partial charge in [-0.3, -0.25) is 4.79 Å². The zero-order valence-electron chi connectivity index (χ0n) is 13.6. The molecule has 6 nitrogen and oxygen atoms in total. The van der Waals surface area contributed by atoms with Crippen molar-refractivity contribution in [3.63, 3.8) is 0 Å². The number of hydrogen-bond acceptors (Lipinski definition) is 6. The molecule has 2 atom stereocenters. The topological polar surface area (TPSA) is 104 Å². The van der Waals surface area contributed by atoms with Crippen molar-refractivity contribution in [1.82, 2.24) is 0 Å². The number of benzene rings is 1. The van der Waals surface area contributed by atoms with Gasteiger partial charge in [0.2, 0.25) is 0 Å². The summed E-state index contributed by atoms with van der Waals surface area (Å²) in [6, 6.07) is 2.44. The standard InChI is InChI=1S/C18H22O6/c1-11-7-14(20)9-13(19)6-4-2-3-5-12-8-15(21)10-16(22)17(12)18(23)24-11/h3,5,8,10-11,14,20-22H,2,4,6-7,9H2,1H3/b5-3-/t11-,14+/m0/s1. The van der Waals surface area contributed by atoms with Crippen molar-refractivity contribution in [2.24, 2.45) is 0 Å². The third kappa shape index (κ3) is 4.83. The molecule has 0 aromatic heterocycles. The van der Waals surface area contributed by atoms with Crippen LogP contribution in [0.15, 0.2) is 18.2 Å². The number of carbonyl (C=O) groups excluding carboxylic acids is 2. The van der Waals surface area contributed by atoms with Crippen molar-refractivity contribution in [3.8, 4) is 11.5 Å². The molecule has 3 N–H and O–H groups in total. The van der Waals surface area contributed by atoms with Gasteiger partial charge in [0, 0.05) is 25.3 Å². The predicted molar refractivity (Wildman–Crippen MR) is 87.8 cm³/mol. The minimum Gasteiger partial charge on any atom is -0.508 e. The molecule has 0 unspecified atom stereocenters. The fraction of sp³-hybridized carbons (Fsp3) is 0.444. The number of aliphatic hydroxyl groups excluding tert-OH is 1. The van der Waals surface area contributed by atoms with E-state index in [4.69, 9.17) is 4.74 Å². The molecule has 0 fully saturated rings. The van der Waals surface area contributed by atoms with E-state index < -0.39 is 18.2 Å². The largest absolute Gasteiger partial charge is 0.508 e. The van der Waals surface area contributed by atoms with E-state index >= 15 is 0 Å². The number of hydrogen-bond donors (Lipinski definition) is 3. The maximum atomic E-state index is 12.3. The first-order chi connectivity index (χ1) is 11.4. The summed E-state index contributed by atoms with van der Waals surface area (Å²) < 4.78 is 5.26. The van der Waals surface area contributed by atoms with Crippen LogP contribution in [0.3, 0.4) is 0 Å². The highest BCUT2D eigenvalue weighted by Gasteiger charge is 2.22. The van der Waals surface area contributed by atoms with E-state index in [1.54, 1.807) is 19.1 Å². The van der Waals surface area contributed by atoms with Gasteiger partial charge in [-0.05, 0) is 31.4 Å².